The largest absolute Gasteiger partial charge is 0.474 e. The molecule has 7 amide bonds. The Morgan fingerprint density at radius 3 is 0.939 bits per heavy atom. The molecule has 0 radical (unpaired) electrons. The lowest BCUT2D eigenvalue weighted by molar-refractivity contribution is -0.109. The first-order valence-electron chi connectivity index (χ1n) is 45.9. The number of hydrogen-bond acceptors (Lipinski definition) is 32. The second kappa shape index (κ2) is 53.9. The first kappa shape index (κ1) is 112. The molecule has 0 unspecified atom stereocenters. The van der Waals surface area contributed by atoms with Crippen molar-refractivity contribution in [1.82, 2.24) is 69.5 Å². The number of rotatable bonds is 16. The second-order valence-corrected chi connectivity index (χ2v) is 45.1. The molecule has 8 saturated heterocycles. The summed E-state index contributed by atoms with van der Waals surface area (Å²) in [7, 11) is -3.42. The molecule has 0 atom stereocenters. The van der Waals surface area contributed by atoms with Crippen molar-refractivity contribution in [2.24, 2.45) is 0 Å². The van der Waals surface area contributed by atoms with Crippen LogP contribution in [0.1, 0.15) is 251 Å². The van der Waals surface area contributed by atoms with Gasteiger partial charge in [0, 0.05) is 175 Å². The maximum absolute atomic E-state index is 12.3. The van der Waals surface area contributed by atoms with E-state index in [1.165, 1.54) is 18.1 Å². The van der Waals surface area contributed by atoms with Crippen LogP contribution in [0.15, 0.2) is 29.0 Å². The van der Waals surface area contributed by atoms with Crippen molar-refractivity contribution in [2.75, 3.05) is 111 Å². The fourth-order valence-electron chi connectivity index (χ4n) is 14.1. The molecule has 35 nitrogen and oxygen atoms in total. The molecule has 1 N–H and O–H groups in total. The van der Waals surface area contributed by atoms with Gasteiger partial charge in [0.2, 0.25) is 17.6 Å². The van der Waals surface area contributed by atoms with E-state index >= 15 is 0 Å². The summed E-state index contributed by atoms with van der Waals surface area (Å²) in [5.41, 5.74) is 0.853. The van der Waals surface area contributed by atoms with Crippen LogP contribution in [0.4, 0.5) is 33.6 Å². The van der Waals surface area contributed by atoms with Crippen LogP contribution in [-0.2, 0) is 52.3 Å². The lowest BCUT2D eigenvalue weighted by atomic mass is 10.1. The van der Waals surface area contributed by atoms with Gasteiger partial charge in [-0.3, -0.25) is 8.98 Å². The maximum Gasteiger partial charge on any atom is 0.410 e. The Balaban J connectivity index is 0.000000248. The number of nitrogens with zero attached hydrogens (tertiary/aromatic N) is 13. The average molecular weight is 1960 g/mol. The van der Waals surface area contributed by atoms with Gasteiger partial charge in [0.15, 0.2) is 5.12 Å². The highest BCUT2D eigenvalue weighted by Crippen LogP contribution is 2.37. The van der Waals surface area contributed by atoms with Crippen LogP contribution in [0.25, 0.3) is 0 Å². The number of likely N-dealkylation sites (tertiary alicyclic amines) is 7. The summed E-state index contributed by atoms with van der Waals surface area (Å²) >= 11 is 15.3. The van der Waals surface area contributed by atoms with Crippen LogP contribution in [0.3, 0.4) is 0 Å². The number of nitrogens with one attached hydrogen (secondary N) is 1. The van der Waals surface area contributed by atoms with Gasteiger partial charge in [-0.25, -0.2) is 63.5 Å². The SMILES string of the molecule is CC(=O)SC1CCN(C(=O)OC(C)(C)C)CC1.CC(C)(C)OC(=O)N1CCC(OS(C)(=O)=O)CC1.CC(C)(C)OC(=O)N1CCC(S)CC1.Cc1c(Cl)ncnc1OC1CCN(C(=O)OC(C)C)CC1.Cc1c(OC2CCN(C(=O)OC(C)C)CC2)ncnc1SC1CCN(C(=O)OC(C)(C)C)CC1.Cc1c(OC2CCN(C(=O)OC(C)C)CC2)ncnc1SC1CCNCC1. The Morgan fingerprint density at radius 2 is 0.649 bits per heavy atom. The van der Waals surface area contributed by atoms with Crippen molar-refractivity contribution in [1.29, 1.82) is 0 Å². The van der Waals surface area contributed by atoms with Crippen molar-refractivity contribution < 1.29 is 98.3 Å². The molecular formula is C90H149ClN14O21S5. The third-order valence-electron chi connectivity index (χ3n) is 20.8. The van der Waals surface area contributed by atoms with Gasteiger partial charge in [-0.1, -0.05) is 23.4 Å². The number of thioether (sulfide) groups is 3. The summed E-state index contributed by atoms with van der Waals surface area (Å²) < 4.78 is 82.1. The van der Waals surface area contributed by atoms with E-state index in [9.17, 15) is 46.8 Å². The van der Waals surface area contributed by atoms with Gasteiger partial charge in [-0.15, -0.1) is 23.5 Å². The summed E-state index contributed by atoms with van der Waals surface area (Å²) in [6.45, 7) is 52.0. The predicted octanol–water partition coefficient (Wildman–Crippen LogP) is 16.9. The van der Waals surface area contributed by atoms with Gasteiger partial charge in [0.05, 0.1) is 30.7 Å². The fourth-order valence-corrected chi connectivity index (χ4v) is 18.4. The summed E-state index contributed by atoms with van der Waals surface area (Å²) in [5, 5.41) is 7.65. The van der Waals surface area contributed by atoms with Crippen LogP contribution in [-0.4, -0.2) is 317 Å². The van der Waals surface area contributed by atoms with Gasteiger partial charge in [0.25, 0.3) is 10.1 Å². The molecule has 8 aliphatic rings. The first-order chi connectivity index (χ1) is 61.2. The van der Waals surface area contributed by atoms with E-state index in [-0.39, 0.29) is 90.5 Å². The Hall–Kier alpha value is -7.24. The number of carbonyl (C=O) groups excluding carboxylic acids is 8. The third-order valence-corrected chi connectivity index (χ3v) is 26.3. The van der Waals surface area contributed by atoms with Gasteiger partial charge in [0.1, 0.15) is 74.9 Å². The van der Waals surface area contributed by atoms with Crippen molar-refractivity contribution >= 4 is 117 Å². The summed E-state index contributed by atoms with van der Waals surface area (Å²) in [4.78, 5) is 132. The molecule has 0 bridgehead atoms. The lowest BCUT2D eigenvalue weighted by Crippen LogP contribution is -2.43. The summed E-state index contributed by atoms with van der Waals surface area (Å²) in [6.07, 6.45) is 16.5. The molecule has 8 fully saturated rings. The van der Waals surface area contributed by atoms with E-state index < -0.39 is 32.5 Å². The molecule has 3 aromatic rings. The van der Waals surface area contributed by atoms with Crippen molar-refractivity contribution in [3.05, 3.63) is 40.8 Å². The average Bonchev–Trinajstić information content (AvgIpc) is 0.834. The minimum atomic E-state index is -3.42. The molecule has 0 spiro atoms. The van der Waals surface area contributed by atoms with Crippen molar-refractivity contribution in [3.8, 4) is 17.6 Å². The smallest absolute Gasteiger partial charge is 0.410 e. The number of hydrogen-bond donors (Lipinski definition) is 2. The fraction of sp³-hybridized carbons (Fsp3) is 0.778. The molecule has 742 valence electrons. The van der Waals surface area contributed by atoms with Gasteiger partial charge in [-0.05, 0) is 223 Å². The maximum atomic E-state index is 12.3. The molecule has 8 aliphatic heterocycles. The van der Waals surface area contributed by atoms with E-state index in [1.54, 1.807) is 65.6 Å². The highest BCUT2D eigenvalue weighted by molar-refractivity contribution is 8.14. The van der Waals surface area contributed by atoms with Crippen LogP contribution in [0.2, 0.25) is 5.15 Å². The lowest BCUT2D eigenvalue weighted by Gasteiger charge is -2.33. The predicted molar refractivity (Wildman–Crippen MR) is 510 cm³/mol. The number of carbonyl (C=O) groups is 8. The number of aromatic nitrogens is 6. The molecule has 131 heavy (non-hydrogen) atoms. The van der Waals surface area contributed by atoms with Crippen LogP contribution >= 0.6 is 59.5 Å². The second-order valence-electron chi connectivity index (χ2n) is 38.3. The number of halogens is 1. The number of thiol groups is 1. The molecular weight excluding hydrogens is 1810 g/mol. The van der Waals surface area contributed by atoms with Crippen molar-refractivity contribution in [3.63, 3.8) is 0 Å². The van der Waals surface area contributed by atoms with E-state index in [0.29, 0.717) is 135 Å². The summed E-state index contributed by atoms with van der Waals surface area (Å²) in [6, 6.07) is 0. The zero-order valence-electron chi connectivity index (χ0n) is 81.6. The van der Waals surface area contributed by atoms with Gasteiger partial charge in [-0.2, -0.15) is 21.0 Å². The van der Waals surface area contributed by atoms with E-state index in [0.717, 1.165) is 149 Å². The Morgan fingerprint density at radius 1 is 0.389 bits per heavy atom. The number of amides is 7. The van der Waals surface area contributed by atoms with Crippen LogP contribution < -0.4 is 19.5 Å². The first-order valence-corrected chi connectivity index (χ1v) is 51.3. The van der Waals surface area contributed by atoms with Crippen LogP contribution in [0, 0.1) is 20.8 Å². The van der Waals surface area contributed by atoms with E-state index in [2.05, 4.69) is 47.8 Å². The number of ether oxygens (including phenoxy) is 10. The van der Waals surface area contributed by atoms with E-state index in [4.69, 9.17) is 63.2 Å². The molecule has 0 aliphatic carbocycles. The Kier molecular flexibility index (Phi) is 46.3. The monoisotopic (exact) mass is 1960 g/mol. The van der Waals surface area contributed by atoms with Crippen LogP contribution in [0.5, 0.6) is 17.6 Å². The van der Waals surface area contributed by atoms with Gasteiger partial charge < -0.3 is 87.0 Å². The Labute approximate surface area is 800 Å². The molecule has 11 heterocycles. The topological polar surface area (TPSA) is 384 Å². The highest BCUT2D eigenvalue weighted by Gasteiger charge is 2.36. The molecule has 0 aromatic carbocycles. The molecule has 0 saturated carbocycles. The Bertz CT molecular complexity index is 4180. The number of piperidine rings is 8. The normalized spacial score (nSPS) is 18.3. The standard InChI is InChI=1S/C24H38N4O5S.C19H30N4O3S.C14H20ClN3O3.C12H21NO3S.C11H21NO5S.C10H19NO2S/c1-16(2)31-22(29)27-11-7-18(8-12-27)32-20-17(3)21(26-15-25-20)34-19-9-13-28(14-10-19)23(30)33-24(4,5)6;1-13(2)25-19(24)23-10-6-15(7-11-23)26-17-14(3)18(22-12-21-17)27-16-4-8-20-9-5-16;1-9(2)20-14(19)18-6-4-11(5-7-18)21-13-10(3)12(15)16-8-17-13;1-9(14)17-10-5-7-13(8-6-10)11(15)16-12(2,3)4;1-11(2,3)16-10(13)12-7-5-9(6-8-12)17-18(4,14)15;1-10(2,3)13-9(12)11-6-4-8(14)5-7-11/h15-16,18-19H,7-14H2,1-6H3;12-13,15-16,20H,4-11H2,1-3H3;8-9,11H,4-7H2,1-3H3;10H,5-8H2,1-4H3;9H,5-8H2,1-4H3;8,14H,4-7H2,1-3H3. The molecule has 3 aromatic heterocycles. The van der Waals surface area contributed by atoms with Crippen molar-refractivity contribution in [2.45, 2.75) is 351 Å². The molecule has 41 heteroatoms. The summed E-state index contributed by atoms with van der Waals surface area (Å²) in [5.74, 6) is 1.79. The van der Waals surface area contributed by atoms with E-state index in [1.807, 2.05) is 157 Å². The molecule has 11 rings (SSSR count). The minimum absolute atomic E-state index is 0.00613. The zero-order valence-corrected chi connectivity index (χ0v) is 86.5. The zero-order chi connectivity index (χ0) is 97.3. The minimum Gasteiger partial charge on any atom is -0.474 e. The third kappa shape index (κ3) is 44.0. The quantitative estimate of drug-likeness (QED) is 0.0582. The highest BCUT2D eigenvalue weighted by atomic mass is 35.5. The van der Waals surface area contributed by atoms with Gasteiger partial charge >= 0.3 is 42.7 Å².